The maximum Gasteiger partial charge on any atom is 0.251 e. The minimum Gasteiger partial charge on any atom is -0.497 e. The van der Waals surface area contributed by atoms with Crippen LogP contribution >= 0.6 is 0 Å². The molecule has 7 heteroatoms. The van der Waals surface area contributed by atoms with E-state index < -0.39 is 0 Å². The van der Waals surface area contributed by atoms with E-state index in [1.165, 1.54) is 11.3 Å². The van der Waals surface area contributed by atoms with Crippen molar-refractivity contribution in [2.75, 3.05) is 26.7 Å². The van der Waals surface area contributed by atoms with Gasteiger partial charge in [0.2, 0.25) is 0 Å². The van der Waals surface area contributed by atoms with Crippen molar-refractivity contribution in [2.24, 2.45) is 5.92 Å². The Morgan fingerprint density at radius 3 is 2.81 bits per heavy atom. The zero-order chi connectivity index (χ0) is 21.4. The number of aryl methyl sites for hydroxylation is 1. The largest absolute Gasteiger partial charge is 0.497 e. The first-order valence-corrected chi connectivity index (χ1v) is 11.0. The van der Waals surface area contributed by atoms with Crippen molar-refractivity contribution >= 4 is 0 Å². The predicted octanol–water partition coefficient (Wildman–Crippen LogP) is 2.66. The van der Waals surface area contributed by atoms with Crippen molar-refractivity contribution in [1.82, 2.24) is 24.2 Å². The molecule has 0 radical (unpaired) electrons. The van der Waals surface area contributed by atoms with E-state index >= 15 is 0 Å². The lowest BCUT2D eigenvalue weighted by Crippen LogP contribution is -2.50. The number of fused-ring (bicyclic) bond motifs is 4. The molecule has 0 aliphatic carbocycles. The number of pyridine rings is 1. The summed E-state index contributed by atoms with van der Waals surface area (Å²) in [5.74, 6) is 2.65. The second-order valence-corrected chi connectivity index (χ2v) is 8.81. The van der Waals surface area contributed by atoms with Gasteiger partial charge in [0, 0.05) is 49.9 Å². The molecule has 1 fully saturated rings. The third-order valence-electron chi connectivity index (χ3n) is 6.92. The molecule has 0 N–H and O–H groups in total. The van der Waals surface area contributed by atoms with Gasteiger partial charge in [0.15, 0.2) is 0 Å². The fourth-order valence-corrected chi connectivity index (χ4v) is 5.40. The smallest absolute Gasteiger partial charge is 0.251 e. The first kappa shape index (κ1) is 20.0. The molecule has 1 saturated heterocycles. The van der Waals surface area contributed by atoms with Crippen molar-refractivity contribution in [2.45, 2.75) is 38.3 Å². The number of rotatable bonds is 6. The monoisotopic (exact) mass is 419 g/mol. The van der Waals surface area contributed by atoms with E-state index in [2.05, 4.69) is 42.4 Å². The summed E-state index contributed by atoms with van der Waals surface area (Å²) in [4.78, 5) is 15.5. The molecule has 0 amide bonds. The van der Waals surface area contributed by atoms with Gasteiger partial charge in [0.05, 0.1) is 7.11 Å². The summed E-state index contributed by atoms with van der Waals surface area (Å²) in [5, 5.41) is 8.10. The number of likely N-dealkylation sites (tertiary alicyclic amines) is 1. The van der Waals surface area contributed by atoms with E-state index in [1.807, 2.05) is 25.1 Å². The predicted molar refractivity (Wildman–Crippen MR) is 118 cm³/mol. The quantitative estimate of drug-likeness (QED) is 0.615. The summed E-state index contributed by atoms with van der Waals surface area (Å²) in [6.07, 6.45) is 3.78. The van der Waals surface area contributed by atoms with Crippen LogP contribution in [0, 0.1) is 12.8 Å². The molecule has 0 spiro atoms. The minimum absolute atomic E-state index is 0.119. The van der Waals surface area contributed by atoms with Gasteiger partial charge in [-0.3, -0.25) is 4.79 Å². The zero-order valence-corrected chi connectivity index (χ0v) is 18.1. The average Bonchev–Trinajstić information content (AvgIpc) is 3.20. The zero-order valence-electron chi connectivity index (χ0n) is 18.1. The lowest BCUT2D eigenvalue weighted by atomic mass is 9.76. The molecule has 5 rings (SSSR count). The van der Waals surface area contributed by atoms with Crippen molar-refractivity contribution in [3.8, 4) is 5.75 Å². The van der Waals surface area contributed by atoms with Gasteiger partial charge >= 0.3 is 0 Å². The molecule has 3 aromatic rings. The highest BCUT2D eigenvalue weighted by Gasteiger charge is 2.40. The molecule has 4 heterocycles. The SMILES string of the molecule is COc1cccc(C[C@H]2[C@H]3C[C@H](CN(CCn4cnnc4C)C3)c3cccc(=O)n32)c1. The number of ether oxygens (including phenoxy) is 1. The number of benzene rings is 1. The van der Waals surface area contributed by atoms with E-state index in [-0.39, 0.29) is 11.6 Å². The summed E-state index contributed by atoms with van der Waals surface area (Å²) < 4.78 is 9.61. The molecule has 0 saturated carbocycles. The molecule has 1 aromatic carbocycles. The van der Waals surface area contributed by atoms with Gasteiger partial charge in [-0.2, -0.15) is 0 Å². The van der Waals surface area contributed by atoms with Crippen LogP contribution in [-0.4, -0.2) is 51.0 Å². The van der Waals surface area contributed by atoms with Crippen molar-refractivity contribution < 1.29 is 4.74 Å². The first-order chi connectivity index (χ1) is 15.1. The maximum absolute atomic E-state index is 12.9. The van der Waals surface area contributed by atoms with Gasteiger partial charge in [-0.15, -0.1) is 10.2 Å². The van der Waals surface area contributed by atoms with Crippen LogP contribution in [0.4, 0.5) is 0 Å². The third kappa shape index (κ3) is 3.90. The minimum atomic E-state index is 0.119. The van der Waals surface area contributed by atoms with Gasteiger partial charge in [0.25, 0.3) is 5.56 Å². The van der Waals surface area contributed by atoms with Crippen LogP contribution in [0.2, 0.25) is 0 Å². The molecule has 31 heavy (non-hydrogen) atoms. The Labute approximate surface area is 182 Å². The Morgan fingerprint density at radius 1 is 1.13 bits per heavy atom. The van der Waals surface area contributed by atoms with Crippen LogP contribution in [0.3, 0.4) is 0 Å². The van der Waals surface area contributed by atoms with E-state index in [9.17, 15) is 4.79 Å². The molecule has 2 aromatic heterocycles. The molecule has 2 aliphatic heterocycles. The summed E-state index contributed by atoms with van der Waals surface area (Å²) in [6.45, 7) is 5.85. The first-order valence-electron chi connectivity index (χ1n) is 11.0. The second kappa shape index (κ2) is 8.30. The fourth-order valence-electron chi connectivity index (χ4n) is 5.40. The number of hydrogen-bond acceptors (Lipinski definition) is 5. The Hall–Kier alpha value is -2.93. The second-order valence-electron chi connectivity index (χ2n) is 8.81. The van der Waals surface area contributed by atoms with Gasteiger partial charge in [-0.1, -0.05) is 18.2 Å². The maximum atomic E-state index is 12.9. The topological polar surface area (TPSA) is 65.2 Å². The van der Waals surface area contributed by atoms with Crippen LogP contribution in [-0.2, 0) is 13.0 Å². The van der Waals surface area contributed by atoms with Gasteiger partial charge < -0.3 is 18.8 Å². The number of nitrogens with zero attached hydrogens (tertiary/aromatic N) is 5. The van der Waals surface area contributed by atoms with Crippen LogP contribution in [0.15, 0.2) is 53.6 Å². The van der Waals surface area contributed by atoms with Gasteiger partial charge in [0.1, 0.15) is 17.9 Å². The van der Waals surface area contributed by atoms with Crippen molar-refractivity contribution in [3.05, 3.63) is 76.2 Å². The number of methoxy groups -OCH3 is 1. The third-order valence-corrected chi connectivity index (χ3v) is 6.92. The Balaban J connectivity index is 1.42. The van der Waals surface area contributed by atoms with Crippen LogP contribution < -0.4 is 10.3 Å². The standard InChI is InChI=1S/C24H29N5O2/c1-17-26-25-16-28(17)10-9-27-14-19-13-20(15-27)23(29-22(19)7-4-8-24(29)30)12-18-5-3-6-21(11-18)31-2/h3-8,11,16,19-20,23H,9-10,12-15H2,1-2H3/t19-,20+,23+/m1/s1. The van der Waals surface area contributed by atoms with E-state index in [4.69, 9.17) is 4.74 Å². The molecular formula is C24H29N5O2. The molecule has 7 nitrogen and oxygen atoms in total. The fraction of sp³-hybridized carbons (Fsp3) is 0.458. The normalized spacial score (nSPS) is 22.8. The average molecular weight is 420 g/mol. The van der Waals surface area contributed by atoms with Gasteiger partial charge in [-0.25, -0.2) is 0 Å². The molecule has 162 valence electrons. The molecule has 0 unspecified atom stereocenters. The van der Waals surface area contributed by atoms with Crippen molar-refractivity contribution in [1.29, 1.82) is 0 Å². The Bertz CT molecular complexity index is 1120. The highest BCUT2D eigenvalue weighted by molar-refractivity contribution is 5.30. The van der Waals surface area contributed by atoms with Crippen LogP contribution in [0.5, 0.6) is 5.75 Å². The molecular weight excluding hydrogens is 390 g/mol. The van der Waals surface area contributed by atoms with Crippen LogP contribution in [0.25, 0.3) is 0 Å². The highest BCUT2D eigenvalue weighted by Crippen LogP contribution is 2.42. The van der Waals surface area contributed by atoms with E-state index in [1.54, 1.807) is 19.5 Å². The lowest BCUT2D eigenvalue weighted by Gasteiger charge is -2.47. The number of piperidine rings is 1. The summed E-state index contributed by atoms with van der Waals surface area (Å²) >= 11 is 0. The summed E-state index contributed by atoms with van der Waals surface area (Å²) in [5.41, 5.74) is 2.51. The van der Waals surface area contributed by atoms with Crippen molar-refractivity contribution in [3.63, 3.8) is 0 Å². The van der Waals surface area contributed by atoms with E-state index in [0.29, 0.717) is 11.8 Å². The van der Waals surface area contributed by atoms with Crippen LogP contribution in [0.1, 0.15) is 35.5 Å². The molecule has 2 aliphatic rings. The highest BCUT2D eigenvalue weighted by atomic mass is 16.5. The summed E-state index contributed by atoms with van der Waals surface area (Å²) in [6, 6.07) is 14.2. The lowest BCUT2D eigenvalue weighted by molar-refractivity contribution is 0.0877. The summed E-state index contributed by atoms with van der Waals surface area (Å²) in [7, 11) is 1.70. The Morgan fingerprint density at radius 2 is 2.00 bits per heavy atom. The molecule has 3 atom stereocenters. The number of aromatic nitrogens is 4. The number of hydrogen-bond donors (Lipinski definition) is 0. The van der Waals surface area contributed by atoms with E-state index in [0.717, 1.165) is 50.6 Å². The molecule has 2 bridgehead atoms. The Kier molecular flexibility index (Phi) is 5.36. The van der Waals surface area contributed by atoms with Gasteiger partial charge in [-0.05, 0) is 49.4 Å².